The summed E-state index contributed by atoms with van der Waals surface area (Å²) in [6.07, 6.45) is 7.24. The molecule has 218 valence electrons. The lowest BCUT2D eigenvalue weighted by molar-refractivity contribution is -0.115. The van der Waals surface area contributed by atoms with Crippen molar-refractivity contribution in [1.29, 1.82) is 0 Å². The van der Waals surface area contributed by atoms with Gasteiger partial charge in [0.25, 0.3) is 5.91 Å². The summed E-state index contributed by atoms with van der Waals surface area (Å²) in [5.41, 5.74) is 4.41. The van der Waals surface area contributed by atoms with E-state index in [1.54, 1.807) is 6.20 Å². The number of benzene rings is 3. The number of carbonyl (C=O) groups excluding carboxylic acids is 2. The molecule has 3 N–H and O–H groups in total. The van der Waals surface area contributed by atoms with Crippen LogP contribution in [0, 0.1) is 0 Å². The van der Waals surface area contributed by atoms with Gasteiger partial charge in [0.05, 0.1) is 12.5 Å². The lowest BCUT2D eigenvalue weighted by Crippen LogP contribution is -2.36. The fourth-order valence-electron chi connectivity index (χ4n) is 5.34. The predicted molar refractivity (Wildman–Crippen MR) is 164 cm³/mol. The Morgan fingerprint density at radius 1 is 0.905 bits per heavy atom. The maximum Gasteiger partial charge on any atom is 0.254 e. The highest BCUT2D eigenvalue weighted by Crippen LogP contribution is 2.18. The van der Waals surface area contributed by atoms with Crippen molar-refractivity contribution in [2.24, 2.45) is 0 Å². The minimum absolute atomic E-state index is 0.0775. The SMILES string of the molecule is O=C(Cc1nccn1Cc1ccccc1C(=O)N1CCCCC1)Nc1ccc(CCNC[C@H](O)c2ccccc2)cc1. The second-order valence-corrected chi connectivity index (χ2v) is 10.8. The molecule has 1 fully saturated rings. The van der Waals surface area contributed by atoms with Crippen molar-refractivity contribution in [2.45, 2.75) is 44.8 Å². The number of hydrogen-bond acceptors (Lipinski definition) is 5. The van der Waals surface area contributed by atoms with Gasteiger partial charge in [-0.3, -0.25) is 9.59 Å². The topological polar surface area (TPSA) is 99.5 Å². The molecule has 42 heavy (non-hydrogen) atoms. The van der Waals surface area contributed by atoms with E-state index in [-0.39, 0.29) is 18.2 Å². The van der Waals surface area contributed by atoms with Gasteiger partial charge in [-0.25, -0.2) is 4.98 Å². The number of aliphatic hydroxyl groups excluding tert-OH is 1. The van der Waals surface area contributed by atoms with Gasteiger partial charge in [-0.1, -0.05) is 60.7 Å². The fourth-order valence-corrected chi connectivity index (χ4v) is 5.34. The molecule has 0 radical (unpaired) electrons. The van der Waals surface area contributed by atoms with E-state index >= 15 is 0 Å². The van der Waals surface area contributed by atoms with E-state index in [4.69, 9.17) is 0 Å². The zero-order chi connectivity index (χ0) is 29.1. The minimum Gasteiger partial charge on any atom is -0.387 e. The van der Waals surface area contributed by atoms with Crippen LogP contribution in [0.1, 0.15) is 58.2 Å². The number of nitrogens with zero attached hydrogens (tertiary/aromatic N) is 3. The number of aliphatic hydroxyl groups is 1. The zero-order valence-corrected chi connectivity index (χ0v) is 23.9. The molecular formula is C34H39N5O3. The standard InChI is InChI=1S/C34H39N5O3/c40-31(27-9-3-1-4-10-27)24-35-18-17-26-13-15-29(16-14-26)37-33(41)23-32-36-19-22-39(32)25-28-11-5-6-12-30(28)34(42)38-20-7-2-8-21-38/h1,3-6,9-16,19,22,31,35,40H,2,7-8,17-18,20-21,23-25H2,(H,37,41)/t31-/m0/s1. The summed E-state index contributed by atoms with van der Waals surface area (Å²) in [5.74, 6) is 0.575. The lowest BCUT2D eigenvalue weighted by atomic mass is 10.0. The third kappa shape index (κ3) is 7.93. The van der Waals surface area contributed by atoms with Crippen LogP contribution in [-0.2, 0) is 24.2 Å². The van der Waals surface area contributed by atoms with E-state index < -0.39 is 6.10 Å². The van der Waals surface area contributed by atoms with Gasteiger partial charge in [-0.2, -0.15) is 0 Å². The Hall–Kier alpha value is -4.27. The molecule has 1 saturated heterocycles. The average Bonchev–Trinajstić information content (AvgIpc) is 3.46. The Labute approximate surface area is 247 Å². The van der Waals surface area contributed by atoms with Crippen molar-refractivity contribution in [3.63, 3.8) is 0 Å². The van der Waals surface area contributed by atoms with Crippen LogP contribution < -0.4 is 10.6 Å². The molecule has 2 amide bonds. The maximum atomic E-state index is 13.2. The van der Waals surface area contributed by atoms with Crippen molar-refractivity contribution in [3.8, 4) is 0 Å². The van der Waals surface area contributed by atoms with Crippen LogP contribution in [0.5, 0.6) is 0 Å². The Balaban J connectivity index is 1.11. The Morgan fingerprint density at radius 3 is 2.43 bits per heavy atom. The molecule has 0 unspecified atom stereocenters. The monoisotopic (exact) mass is 565 g/mol. The van der Waals surface area contributed by atoms with Crippen LogP contribution in [-0.4, -0.2) is 57.6 Å². The molecule has 4 aromatic rings. The summed E-state index contributed by atoms with van der Waals surface area (Å²) in [6, 6.07) is 25.2. The average molecular weight is 566 g/mol. The van der Waals surface area contributed by atoms with Gasteiger partial charge in [0.15, 0.2) is 0 Å². The molecule has 8 nitrogen and oxygen atoms in total. The third-order valence-electron chi connectivity index (χ3n) is 7.70. The molecular weight excluding hydrogens is 526 g/mol. The molecule has 1 atom stereocenters. The van der Waals surface area contributed by atoms with Crippen LogP contribution in [0.25, 0.3) is 0 Å². The number of hydrogen-bond donors (Lipinski definition) is 3. The molecule has 0 saturated carbocycles. The number of carbonyl (C=O) groups is 2. The molecule has 1 aliphatic rings. The maximum absolute atomic E-state index is 13.2. The van der Waals surface area contributed by atoms with Crippen LogP contribution in [0.4, 0.5) is 5.69 Å². The smallest absolute Gasteiger partial charge is 0.254 e. The van der Waals surface area contributed by atoms with Gasteiger partial charge in [0.2, 0.25) is 5.91 Å². The van der Waals surface area contributed by atoms with Crippen molar-refractivity contribution in [2.75, 3.05) is 31.5 Å². The van der Waals surface area contributed by atoms with Crippen LogP contribution in [0.2, 0.25) is 0 Å². The molecule has 1 aliphatic heterocycles. The first-order valence-corrected chi connectivity index (χ1v) is 14.8. The van der Waals surface area contributed by atoms with Crippen molar-refractivity contribution in [1.82, 2.24) is 19.8 Å². The van der Waals surface area contributed by atoms with Crippen molar-refractivity contribution >= 4 is 17.5 Å². The second-order valence-electron chi connectivity index (χ2n) is 10.8. The van der Waals surface area contributed by atoms with Crippen molar-refractivity contribution in [3.05, 3.63) is 119 Å². The van der Waals surface area contributed by atoms with E-state index in [1.807, 2.05) is 94.5 Å². The number of amides is 2. The Bertz CT molecular complexity index is 1450. The first-order valence-electron chi connectivity index (χ1n) is 14.8. The van der Waals surface area contributed by atoms with E-state index in [1.165, 1.54) is 6.42 Å². The Kier molecular flexibility index (Phi) is 10.1. The number of nitrogens with one attached hydrogen (secondary N) is 2. The third-order valence-corrected chi connectivity index (χ3v) is 7.70. The van der Waals surface area contributed by atoms with E-state index in [0.717, 1.165) is 61.3 Å². The van der Waals surface area contributed by atoms with Crippen LogP contribution >= 0.6 is 0 Å². The summed E-state index contributed by atoms with van der Waals surface area (Å²) in [7, 11) is 0. The van der Waals surface area contributed by atoms with Crippen molar-refractivity contribution < 1.29 is 14.7 Å². The van der Waals surface area contributed by atoms with Gasteiger partial charge in [0, 0.05) is 49.8 Å². The molecule has 1 aromatic heterocycles. The predicted octanol–water partition coefficient (Wildman–Crippen LogP) is 4.60. The van der Waals surface area contributed by atoms with Gasteiger partial charge in [-0.05, 0) is 67.1 Å². The minimum atomic E-state index is -0.531. The first kappa shape index (κ1) is 29.2. The van der Waals surface area contributed by atoms with Gasteiger partial charge in [-0.15, -0.1) is 0 Å². The van der Waals surface area contributed by atoms with Gasteiger partial charge < -0.3 is 25.2 Å². The quantitative estimate of drug-likeness (QED) is 0.218. The van der Waals surface area contributed by atoms with E-state index in [9.17, 15) is 14.7 Å². The number of aromatic nitrogens is 2. The fraction of sp³-hybridized carbons (Fsp3) is 0.324. The number of rotatable bonds is 12. The van der Waals surface area contributed by atoms with Crippen LogP contribution in [0.15, 0.2) is 91.3 Å². The molecule has 8 heteroatoms. The summed E-state index contributed by atoms with van der Waals surface area (Å²) in [4.78, 5) is 32.5. The molecule has 0 spiro atoms. The normalized spacial score (nSPS) is 14.0. The van der Waals surface area contributed by atoms with Gasteiger partial charge >= 0.3 is 0 Å². The molecule has 3 aromatic carbocycles. The number of likely N-dealkylation sites (tertiary alicyclic amines) is 1. The molecule has 0 aliphatic carbocycles. The Morgan fingerprint density at radius 2 is 1.64 bits per heavy atom. The molecule has 5 rings (SSSR count). The second kappa shape index (κ2) is 14.6. The number of anilines is 1. The highest BCUT2D eigenvalue weighted by molar-refractivity contribution is 5.95. The summed E-state index contributed by atoms with van der Waals surface area (Å²) < 4.78 is 1.94. The summed E-state index contributed by atoms with van der Waals surface area (Å²) in [5, 5.41) is 16.6. The van der Waals surface area contributed by atoms with Gasteiger partial charge in [0.1, 0.15) is 5.82 Å². The number of piperidine rings is 1. The lowest BCUT2D eigenvalue weighted by Gasteiger charge is -2.27. The van der Waals surface area contributed by atoms with E-state index in [2.05, 4.69) is 15.6 Å². The van der Waals surface area contributed by atoms with Crippen LogP contribution in [0.3, 0.4) is 0 Å². The zero-order valence-electron chi connectivity index (χ0n) is 23.9. The molecule has 0 bridgehead atoms. The molecule has 2 heterocycles. The summed E-state index contributed by atoms with van der Waals surface area (Å²) >= 11 is 0. The largest absolute Gasteiger partial charge is 0.387 e. The van der Waals surface area contributed by atoms with E-state index in [0.29, 0.717) is 24.5 Å². The number of imidazole rings is 1. The summed E-state index contributed by atoms with van der Waals surface area (Å²) in [6.45, 7) is 3.32. The highest BCUT2D eigenvalue weighted by Gasteiger charge is 2.21. The highest BCUT2D eigenvalue weighted by atomic mass is 16.3. The first-order chi connectivity index (χ1) is 20.6.